The number of primary amides is 1. The number of aliphatic hydroxyl groups is 1. The average molecular weight is 342 g/mol. The zero-order valence-electron chi connectivity index (χ0n) is 13.9. The molecule has 2 aromatic rings. The van der Waals surface area contributed by atoms with E-state index in [4.69, 9.17) is 15.2 Å². The summed E-state index contributed by atoms with van der Waals surface area (Å²) in [6.07, 6.45) is 0. The Morgan fingerprint density at radius 2 is 1.96 bits per heavy atom. The van der Waals surface area contributed by atoms with Gasteiger partial charge in [0.05, 0.1) is 19.3 Å². The van der Waals surface area contributed by atoms with Gasteiger partial charge in [-0.2, -0.15) is 0 Å². The Morgan fingerprint density at radius 1 is 1.28 bits per heavy atom. The first-order chi connectivity index (χ1) is 11.8. The molecule has 0 radical (unpaired) electrons. The minimum atomic E-state index is -1.99. The summed E-state index contributed by atoms with van der Waals surface area (Å²) in [5, 5.41) is 10.3. The molecule has 0 saturated heterocycles. The lowest BCUT2D eigenvalue weighted by Crippen LogP contribution is -2.54. The van der Waals surface area contributed by atoms with Gasteiger partial charge in [0.1, 0.15) is 11.5 Å². The maximum Gasteiger partial charge on any atom is 0.299 e. The smallest absolute Gasteiger partial charge is 0.299 e. The van der Waals surface area contributed by atoms with E-state index in [9.17, 15) is 14.7 Å². The van der Waals surface area contributed by atoms with Gasteiger partial charge in [-0.15, -0.1) is 0 Å². The van der Waals surface area contributed by atoms with Crippen LogP contribution in [0.4, 0.5) is 5.69 Å². The zero-order chi connectivity index (χ0) is 18.2. The summed E-state index contributed by atoms with van der Waals surface area (Å²) in [7, 11) is 1.57. The second kappa shape index (κ2) is 6.10. The third kappa shape index (κ3) is 3.14. The fourth-order valence-electron chi connectivity index (χ4n) is 2.66. The van der Waals surface area contributed by atoms with Gasteiger partial charge < -0.3 is 20.3 Å². The average Bonchev–Trinajstić information content (AvgIpc) is 2.59. The molecule has 0 saturated carbocycles. The summed E-state index contributed by atoms with van der Waals surface area (Å²) in [5.41, 5.74) is 6.76. The normalized spacial score (nSPS) is 19.2. The van der Waals surface area contributed by atoms with Crippen molar-refractivity contribution in [3.05, 3.63) is 53.6 Å². The number of hydrogen-bond acceptors (Lipinski definition) is 5. The summed E-state index contributed by atoms with van der Waals surface area (Å²) in [6.45, 7) is 1.47. The second-order valence-electron chi connectivity index (χ2n) is 5.87. The molecule has 0 bridgehead atoms. The minimum absolute atomic E-state index is 0.192. The number of hydrogen-bond donors (Lipinski definition) is 2. The molecule has 1 atom stereocenters. The Labute approximate surface area is 144 Å². The van der Waals surface area contributed by atoms with Crippen molar-refractivity contribution in [2.75, 3.05) is 12.0 Å². The summed E-state index contributed by atoms with van der Waals surface area (Å²) in [5.74, 6) is -2.24. The molecule has 0 fully saturated rings. The van der Waals surface area contributed by atoms with Gasteiger partial charge in [-0.25, -0.2) is 0 Å². The summed E-state index contributed by atoms with van der Waals surface area (Å²) in [4.78, 5) is 25.4. The Hall–Kier alpha value is -3.06. The number of nitrogens with zero attached hydrogens (tertiary/aromatic N) is 1. The first-order valence-corrected chi connectivity index (χ1v) is 7.62. The molecule has 2 amide bonds. The van der Waals surface area contributed by atoms with Crippen LogP contribution in [-0.2, 0) is 11.3 Å². The third-order valence-electron chi connectivity index (χ3n) is 3.98. The predicted molar refractivity (Wildman–Crippen MR) is 90.4 cm³/mol. The van der Waals surface area contributed by atoms with Crippen molar-refractivity contribution in [1.82, 2.24) is 0 Å². The van der Waals surface area contributed by atoms with E-state index in [1.807, 2.05) is 12.1 Å². The van der Waals surface area contributed by atoms with E-state index in [1.165, 1.54) is 30.0 Å². The molecule has 1 unspecified atom stereocenters. The van der Waals surface area contributed by atoms with Crippen molar-refractivity contribution in [2.45, 2.75) is 19.3 Å². The van der Waals surface area contributed by atoms with Crippen LogP contribution < -0.4 is 20.1 Å². The molecule has 0 aliphatic carbocycles. The molecule has 7 nitrogen and oxygen atoms in total. The third-order valence-corrected chi connectivity index (χ3v) is 3.98. The van der Waals surface area contributed by atoms with Crippen molar-refractivity contribution < 1.29 is 24.2 Å². The summed E-state index contributed by atoms with van der Waals surface area (Å²) in [6, 6.07) is 11.7. The molecular weight excluding hydrogens is 324 g/mol. The van der Waals surface area contributed by atoms with Crippen LogP contribution in [0.5, 0.6) is 11.5 Å². The molecule has 1 aliphatic rings. The molecular formula is C18H18N2O5. The molecule has 0 aromatic heterocycles. The highest BCUT2D eigenvalue weighted by atomic mass is 16.6. The van der Waals surface area contributed by atoms with E-state index in [1.54, 1.807) is 19.2 Å². The topological polar surface area (TPSA) is 102 Å². The van der Waals surface area contributed by atoms with Gasteiger partial charge in [-0.05, 0) is 35.9 Å². The van der Waals surface area contributed by atoms with Gasteiger partial charge in [-0.1, -0.05) is 12.1 Å². The molecule has 130 valence electrons. The number of ether oxygens (including phenoxy) is 2. The predicted octanol–water partition coefficient (Wildman–Crippen LogP) is 1.43. The first kappa shape index (κ1) is 16.8. The summed E-state index contributed by atoms with van der Waals surface area (Å²) >= 11 is 0. The van der Waals surface area contributed by atoms with Crippen LogP contribution in [0.3, 0.4) is 0 Å². The fourth-order valence-corrected chi connectivity index (χ4v) is 2.66. The van der Waals surface area contributed by atoms with Crippen LogP contribution in [0.2, 0.25) is 0 Å². The van der Waals surface area contributed by atoms with Gasteiger partial charge in [0.25, 0.3) is 11.7 Å². The molecule has 3 rings (SSSR count). The lowest BCUT2D eigenvalue weighted by Gasteiger charge is -2.37. The van der Waals surface area contributed by atoms with Crippen LogP contribution in [0.1, 0.15) is 22.8 Å². The molecule has 1 aliphatic heterocycles. The summed E-state index contributed by atoms with van der Waals surface area (Å²) < 4.78 is 10.5. The molecule has 0 spiro atoms. The number of carbonyl (C=O) groups excluding carboxylic acids is 2. The zero-order valence-corrected chi connectivity index (χ0v) is 13.9. The Kier molecular flexibility index (Phi) is 4.10. The lowest BCUT2D eigenvalue weighted by atomic mass is 10.1. The maximum absolute atomic E-state index is 12.6. The molecule has 3 N–H and O–H groups in total. The highest BCUT2D eigenvalue weighted by Gasteiger charge is 2.43. The quantitative estimate of drug-likeness (QED) is 0.875. The van der Waals surface area contributed by atoms with E-state index in [0.29, 0.717) is 17.2 Å². The number of amides is 2. The molecule has 25 heavy (non-hydrogen) atoms. The van der Waals surface area contributed by atoms with E-state index in [-0.39, 0.29) is 12.1 Å². The van der Waals surface area contributed by atoms with Gasteiger partial charge in [-0.3, -0.25) is 14.5 Å². The van der Waals surface area contributed by atoms with Crippen molar-refractivity contribution in [2.24, 2.45) is 5.73 Å². The number of anilines is 1. The van der Waals surface area contributed by atoms with E-state index >= 15 is 0 Å². The number of nitrogens with two attached hydrogens (primary N) is 1. The van der Waals surface area contributed by atoms with Gasteiger partial charge >= 0.3 is 0 Å². The molecule has 1 heterocycles. The Bertz CT molecular complexity index is 830. The Morgan fingerprint density at radius 3 is 2.56 bits per heavy atom. The van der Waals surface area contributed by atoms with Crippen LogP contribution >= 0.6 is 0 Å². The molecule has 2 aromatic carbocycles. The Balaban J connectivity index is 2.02. The number of carbonyl (C=O) groups is 2. The van der Waals surface area contributed by atoms with E-state index < -0.39 is 17.6 Å². The highest BCUT2D eigenvalue weighted by Crippen LogP contribution is 2.38. The number of methoxy groups -OCH3 is 1. The number of benzene rings is 2. The largest absolute Gasteiger partial charge is 0.497 e. The first-order valence-electron chi connectivity index (χ1n) is 7.62. The van der Waals surface area contributed by atoms with Crippen LogP contribution in [0.15, 0.2) is 42.5 Å². The van der Waals surface area contributed by atoms with Crippen molar-refractivity contribution >= 4 is 17.5 Å². The van der Waals surface area contributed by atoms with E-state index in [2.05, 4.69) is 0 Å². The van der Waals surface area contributed by atoms with Crippen LogP contribution in [-0.4, -0.2) is 29.8 Å². The number of fused-ring (bicyclic) bond motifs is 1. The van der Waals surface area contributed by atoms with Crippen molar-refractivity contribution in [3.8, 4) is 11.5 Å². The minimum Gasteiger partial charge on any atom is -0.497 e. The van der Waals surface area contributed by atoms with Gasteiger partial charge in [0.2, 0.25) is 5.91 Å². The highest BCUT2D eigenvalue weighted by molar-refractivity contribution is 6.03. The fraction of sp³-hybridized carbons (Fsp3) is 0.222. The van der Waals surface area contributed by atoms with Gasteiger partial charge in [0, 0.05) is 12.5 Å². The van der Waals surface area contributed by atoms with Crippen LogP contribution in [0.25, 0.3) is 0 Å². The van der Waals surface area contributed by atoms with Gasteiger partial charge in [0.15, 0.2) is 0 Å². The van der Waals surface area contributed by atoms with E-state index in [0.717, 1.165) is 5.56 Å². The molecule has 7 heteroatoms. The standard InChI is InChI=1S/C18H18N2O5/c1-18(23)17(22)20(10-11-3-6-13(24-2)7-4-11)14-9-12(16(19)21)5-8-15(14)25-18/h3-9,23H,10H2,1-2H3,(H2,19,21). The SMILES string of the molecule is COc1ccc(CN2C(=O)C(C)(O)Oc3ccc(C(N)=O)cc32)cc1. The lowest BCUT2D eigenvalue weighted by molar-refractivity contribution is -0.169. The van der Waals surface area contributed by atoms with Crippen LogP contribution in [0, 0.1) is 0 Å². The van der Waals surface area contributed by atoms with Crippen molar-refractivity contribution in [3.63, 3.8) is 0 Å². The second-order valence-corrected chi connectivity index (χ2v) is 5.87. The number of rotatable bonds is 4. The monoisotopic (exact) mass is 342 g/mol. The van der Waals surface area contributed by atoms with Crippen molar-refractivity contribution in [1.29, 1.82) is 0 Å². The maximum atomic E-state index is 12.6.